The van der Waals surface area contributed by atoms with Crippen molar-refractivity contribution >= 4 is 11.6 Å². The molecule has 0 aliphatic carbocycles. The van der Waals surface area contributed by atoms with Crippen molar-refractivity contribution in [2.45, 2.75) is 12.7 Å². The van der Waals surface area contributed by atoms with Crippen molar-refractivity contribution in [1.82, 2.24) is 14.8 Å². The number of benzene rings is 2. The van der Waals surface area contributed by atoms with E-state index >= 15 is 0 Å². The average molecular weight is 374 g/mol. The molecule has 0 unspecified atom stereocenters. The molecule has 26 heavy (non-hydrogen) atoms. The smallest absolute Gasteiger partial charge is 0.181 e. The number of hydrogen-bond donors (Lipinski definition) is 1. The summed E-state index contributed by atoms with van der Waals surface area (Å²) >= 11 is 5.84. The van der Waals surface area contributed by atoms with Crippen molar-refractivity contribution in [3.8, 4) is 17.1 Å². The van der Waals surface area contributed by atoms with Gasteiger partial charge in [0.15, 0.2) is 5.82 Å². The van der Waals surface area contributed by atoms with Crippen LogP contribution >= 0.6 is 11.6 Å². The standard InChI is InChI=1S/C19H20ClN3O3/c1-23-13-21-19(22-23)15-3-2-4-18(9-15)26-12-17(24)11-25-10-14-5-7-16(20)8-6-14/h2-9,13,17,24H,10-12H2,1H3/t17-/m1/s1. The normalized spacial score (nSPS) is 12.1. The van der Waals surface area contributed by atoms with Crippen LogP contribution in [0.5, 0.6) is 5.75 Å². The number of nitrogens with zero attached hydrogens (tertiary/aromatic N) is 3. The van der Waals surface area contributed by atoms with Gasteiger partial charge in [0.05, 0.1) is 13.2 Å². The Morgan fingerprint density at radius 1 is 1.15 bits per heavy atom. The molecular formula is C19H20ClN3O3. The fourth-order valence-electron chi connectivity index (χ4n) is 2.33. The van der Waals surface area contributed by atoms with Crippen LogP contribution in [0.4, 0.5) is 0 Å². The topological polar surface area (TPSA) is 69.4 Å². The molecule has 0 saturated heterocycles. The Bertz CT molecular complexity index is 836. The maximum Gasteiger partial charge on any atom is 0.181 e. The molecule has 0 radical (unpaired) electrons. The van der Waals surface area contributed by atoms with Crippen molar-refractivity contribution in [3.63, 3.8) is 0 Å². The molecule has 1 heterocycles. The van der Waals surface area contributed by atoms with Gasteiger partial charge in [-0.3, -0.25) is 4.68 Å². The zero-order valence-corrected chi connectivity index (χ0v) is 15.1. The molecule has 0 saturated carbocycles. The molecule has 1 atom stereocenters. The monoisotopic (exact) mass is 373 g/mol. The Hall–Kier alpha value is -2.41. The number of aryl methyl sites for hydroxylation is 1. The second kappa shape index (κ2) is 8.80. The van der Waals surface area contributed by atoms with Crippen LogP contribution in [0.25, 0.3) is 11.4 Å². The van der Waals surface area contributed by atoms with Crippen LogP contribution in [0, 0.1) is 0 Å². The minimum atomic E-state index is -0.723. The lowest BCUT2D eigenvalue weighted by molar-refractivity contribution is 0.00550. The third-order valence-electron chi connectivity index (χ3n) is 3.63. The second-order valence-electron chi connectivity index (χ2n) is 5.88. The minimum Gasteiger partial charge on any atom is -0.491 e. The van der Waals surface area contributed by atoms with E-state index in [0.717, 1.165) is 11.1 Å². The number of aromatic nitrogens is 3. The number of hydrogen-bond acceptors (Lipinski definition) is 5. The van der Waals surface area contributed by atoms with Gasteiger partial charge in [0.2, 0.25) is 0 Å². The summed E-state index contributed by atoms with van der Waals surface area (Å²) in [6.07, 6.45) is 0.920. The van der Waals surface area contributed by atoms with Crippen molar-refractivity contribution in [2.75, 3.05) is 13.2 Å². The Kier molecular flexibility index (Phi) is 6.22. The van der Waals surface area contributed by atoms with Crippen molar-refractivity contribution < 1.29 is 14.6 Å². The van der Waals surface area contributed by atoms with Gasteiger partial charge >= 0.3 is 0 Å². The maximum absolute atomic E-state index is 10.0. The van der Waals surface area contributed by atoms with Gasteiger partial charge in [-0.2, -0.15) is 5.10 Å². The first-order chi connectivity index (χ1) is 12.6. The first kappa shape index (κ1) is 18.4. The molecule has 3 rings (SSSR count). The molecule has 0 aliphatic rings. The van der Waals surface area contributed by atoms with Gasteiger partial charge < -0.3 is 14.6 Å². The van der Waals surface area contributed by atoms with Crippen LogP contribution in [0.2, 0.25) is 5.02 Å². The van der Waals surface area contributed by atoms with Crippen LogP contribution in [-0.4, -0.2) is 39.2 Å². The predicted molar refractivity (Wildman–Crippen MR) is 99.0 cm³/mol. The van der Waals surface area contributed by atoms with Gasteiger partial charge in [0.1, 0.15) is 24.8 Å². The largest absolute Gasteiger partial charge is 0.491 e. The van der Waals surface area contributed by atoms with Gasteiger partial charge in [0, 0.05) is 17.6 Å². The van der Waals surface area contributed by atoms with E-state index in [-0.39, 0.29) is 13.2 Å². The minimum absolute atomic E-state index is 0.139. The number of aliphatic hydroxyl groups excluding tert-OH is 1. The Morgan fingerprint density at radius 3 is 2.69 bits per heavy atom. The van der Waals surface area contributed by atoms with Crippen LogP contribution in [0.1, 0.15) is 5.56 Å². The summed E-state index contributed by atoms with van der Waals surface area (Å²) in [5.41, 5.74) is 1.86. The lowest BCUT2D eigenvalue weighted by atomic mass is 10.2. The number of ether oxygens (including phenoxy) is 2. The molecule has 0 amide bonds. The summed E-state index contributed by atoms with van der Waals surface area (Å²) in [5.74, 6) is 1.27. The Morgan fingerprint density at radius 2 is 1.96 bits per heavy atom. The first-order valence-corrected chi connectivity index (χ1v) is 8.57. The highest BCUT2D eigenvalue weighted by Gasteiger charge is 2.08. The van der Waals surface area contributed by atoms with Gasteiger partial charge in [-0.15, -0.1) is 0 Å². The SMILES string of the molecule is Cn1cnc(-c2cccc(OC[C@H](O)COCc3ccc(Cl)cc3)c2)n1. The molecule has 136 valence electrons. The quantitative estimate of drug-likeness (QED) is 0.657. The first-order valence-electron chi connectivity index (χ1n) is 8.19. The van der Waals surface area contributed by atoms with Crippen LogP contribution in [0.3, 0.4) is 0 Å². The summed E-state index contributed by atoms with van der Waals surface area (Å²) in [4.78, 5) is 4.22. The molecule has 7 heteroatoms. The maximum atomic E-state index is 10.0. The van der Waals surface area contributed by atoms with Crippen molar-refractivity contribution in [2.24, 2.45) is 7.05 Å². The van der Waals surface area contributed by atoms with Gasteiger partial charge in [0.25, 0.3) is 0 Å². The number of rotatable bonds is 8. The Balaban J connectivity index is 1.45. The highest BCUT2D eigenvalue weighted by molar-refractivity contribution is 6.30. The van der Waals surface area contributed by atoms with E-state index in [9.17, 15) is 5.11 Å². The number of halogens is 1. The second-order valence-corrected chi connectivity index (χ2v) is 6.31. The van der Waals surface area contributed by atoms with E-state index in [0.29, 0.717) is 23.2 Å². The van der Waals surface area contributed by atoms with Crippen molar-refractivity contribution in [3.05, 3.63) is 65.4 Å². The fourth-order valence-corrected chi connectivity index (χ4v) is 2.46. The van der Waals surface area contributed by atoms with Crippen LogP contribution in [0.15, 0.2) is 54.9 Å². The summed E-state index contributed by atoms with van der Waals surface area (Å²) in [6.45, 7) is 0.735. The van der Waals surface area contributed by atoms with E-state index in [1.54, 1.807) is 11.0 Å². The molecule has 0 spiro atoms. The molecule has 3 aromatic rings. The molecule has 0 aliphatic heterocycles. The Labute approximate surface area is 157 Å². The summed E-state index contributed by atoms with van der Waals surface area (Å²) in [5, 5.41) is 15.0. The summed E-state index contributed by atoms with van der Waals surface area (Å²) < 4.78 is 12.8. The third kappa shape index (κ3) is 5.29. The lowest BCUT2D eigenvalue weighted by Gasteiger charge is -2.13. The molecule has 0 fully saturated rings. The van der Waals surface area contributed by atoms with E-state index in [1.165, 1.54) is 0 Å². The van der Waals surface area contributed by atoms with E-state index < -0.39 is 6.10 Å². The van der Waals surface area contributed by atoms with Gasteiger partial charge in [-0.05, 0) is 29.8 Å². The molecule has 2 aromatic carbocycles. The van der Waals surface area contributed by atoms with E-state index in [2.05, 4.69) is 10.1 Å². The summed E-state index contributed by atoms with van der Waals surface area (Å²) in [6, 6.07) is 14.8. The predicted octanol–water partition coefficient (Wildman–Crippen LogP) is 3.09. The third-order valence-corrected chi connectivity index (χ3v) is 3.88. The summed E-state index contributed by atoms with van der Waals surface area (Å²) in [7, 11) is 1.82. The number of aliphatic hydroxyl groups is 1. The highest BCUT2D eigenvalue weighted by atomic mass is 35.5. The highest BCUT2D eigenvalue weighted by Crippen LogP contribution is 2.20. The molecule has 0 bridgehead atoms. The lowest BCUT2D eigenvalue weighted by Crippen LogP contribution is -2.23. The van der Waals surface area contributed by atoms with E-state index in [1.807, 2.05) is 55.6 Å². The van der Waals surface area contributed by atoms with Crippen molar-refractivity contribution in [1.29, 1.82) is 0 Å². The fraction of sp³-hybridized carbons (Fsp3) is 0.263. The molecule has 6 nitrogen and oxygen atoms in total. The van der Waals surface area contributed by atoms with E-state index in [4.69, 9.17) is 21.1 Å². The van der Waals surface area contributed by atoms with Crippen LogP contribution in [-0.2, 0) is 18.4 Å². The molecule has 1 aromatic heterocycles. The molecular weight excluding hydrogens is 354 g/mol. The zero-order valence-electron chi connectivity index (χ0n) is 14.4. The average Bonchev–Trinajstić information content (AvgIpc) is 3.08. The van der Waals surface area contributed by atoms with Gasteiger partial charge in [-0.25, -0.2) is 4.98 Å². The molecule has 1 N–H and O–H groups in total. The zero-order chi connectivity index (χ0) is 18.4. The van der Waals surface area contributed by atoms with Crippen LogP contribution < -0.4 is 4.74 Å². The van der Waals surface area contributed by atoms with Gasteiger partial charge in [-0.1, -0.05) is 35.9 Å².